The quantitative estimate of drug-likeness (QED) is 0.487. The summed E-state index contributed by atoms with van der Waals surface area (Å²) < 4.78 is 12.7. The van der Waals surface area contributed by atoms with Crippen molar-refractivity contribution in [1.82, 2.24) is 19.8 Å². The number of nitrogens with zero attached hydrogens (tertiary/aromatic N) is 4. The van der Waals surface area contributed by atoms with Crippen molar-refractivity contribution in [3.8, 4) is 22.1 Å². The van der Waals surface area contributed by atoms with Crippen LogP contribution in [0.1, 0.15) is 18.3 Å². The fourth-order valence-corrected chi connectivity index (χ4v) is 3.76. The van der Waals surface area contributed by atoms with Gasteiger partial charge < -0.3 is 14.8 Å². The average Bonchev–Trinajstić information content (AvgIpc) is 3.34. The van der Waals surface area contributed by atoms with E-state index in [-0.39, 0.29) is 12.5 Å². The summed E-state index contributed by atoms with van der Waals surface area (Å²) in [5, 5.41) is 16.5. The number of amides is 1. The van der Waals surface area contributed by atoms with E-state index >= 15 is 0 Å². The maximum atomic E-state index is 12.4. The molecule has 154 valence electrons. The summed E-state index contributed by atoms with van der Waals surface area (Å²) in [5.74, 6) is 1.72. The number of benzene rings is 2. The minimum Gasteiger partial charge on any atom is -0.495 e. The maximum Gasteiger partial charge on any atom is 0.262 e. The Morgan fingerprint density at radius 2 is 1.97 bits per heavy atom. The Morgan fingerprint density at radius 3 is 2.70 bits per heavy atom. The molecule has 8 nitrogen and oxygen atoms in total. The third-order valence-electron chi connectivity index (χ3n) is 4.48. The van der Waals surface area contributed by atoms with E-state index in [1.807, 2.05) is 50.2 Å². The summed E-state index contributed by atoms with van der Waals surface area (Å²) in [4.78, 5) is 13.2. The van der Waals surface area contributed by atoms with Crippen LogP contribution in [0.4, 0.5) is 5.69 Å². The van der Waals surface area contributed by atoms with Crippen molar-refractivity contribution >= 4 is 27.9 Å². The Morgan fingerprint density at radius 1 is 1.17 bits per heavy atom. The number of fused-ring (bicyclic) bond motifs is 1. The first-order valence-corrected chi connectivity index (χ1v) is 10.3. The molecule has 30 heavy (non-hydrogen) atoms. The number of ether oxygens (including phenoxy) is 2. The largest absolute Gasteiger partial charge is 0.495 e. The van der Waals surface area contributed by atoms with Crippen molar-refractivity contribution in [3.05, 3.63) is 53.9 Å². The topological polar surface area (TPSA) is 90.6 Å². The monoisotopic (exact) mass is 423 g/mol. The molecular weight excluding hydrogens is 402 g/mol. The van der Waals surface area contributed by atoms with Crippen molar-refractivity contribution in [2.75, 3.05) is 19.0 Å². The van der Waals surface area contributed by atoms with Gasteiger partial charge in [0, 0.05) is 12.0 Å². The molecule has 0 saturated heterocycles. The van der Waals surface area contributed by atoms with Gasteiger partial charge in [0.15, 0.2) is 12.4 Å². The Kier molecular flexibility index (Phi) is 5.62. The molecule has 1 N–H and O–H groups in total. The molecule has 0 aliphatic rings. The molecule has 0 bridgehead atoms. The summed E-state index contributed by atoms with van der Waals surface area (Å²) in [6.45, 7) is 3.90. The highest BCUT2D eigenvalue weighted by atomic mass is 32.1. The van der Waals surface area contributed by atoms with Crippen LogP contribution in [0.15, 0.2) is 42.5 Å². The lowest BCUT2D eigenvalue weighted by Crippen LogP contribution is -2.20. The van der Waals surface area contributed by atoms with Gasteiger partial charge in [0.1, 0.15) is 16.5 Å². The molecule has 0 unspecified atom stereocenters. The maximum absolute atomic E-state index is 12.4. The van der Waals surface area contributed by atoms with Gasteiger partial charge in [-0.15, -0.1) is 10.2 Å². The number of nitrogens with one attached hydrogen (secondary N) is 1. The molecule has 0 spiro atoms. The Bertz CT molecular complexity index is 1180. The number of anilines is 1. The lowest BCUT2D eigenvalue weighted by Gasteiger charge is -2.12. The molecule has 0 atom stereocenters. The van der Waals surface area contributed by atoms with E-state index in [0.717, 1.165) is 33.3 Å². The summed E-state index contributed by atoms with van der Waals surface area (Å²) in [5.41, 5.74) is 2.53. The molecule has 2 aromatic carbocycles. The van der Waals surface area contributed by atoms with Crippen LogP contribution in [0, 0.1) is 6.92 Å². The van der Waals surface area contributed by atoms with Crippen LogP contribution in [0.25, 0.3) is 15.5 Å². The van der Waals surface area contributed by atoms with E-state index in [0.29, 0.717) is 17.2 Å². The van der Waals surface area contributed by atoms with Crippen LogP contribution >= 0.6 is 11.3 Å². The first-order valence-electron chi connectivity index (χ1n) is 9.46. The SMILES string of the molecule is CCc1nnc2sc(-c3ccc(OC)c(NC(=O)COc4ccc(C)cc4)c3)nn12. The molecule has 9 heteroatoms. The first-order chi connectivity index (χ1) is 14.6. The number of aryl methyl sites for hydroxylation is 2. The van der Waals surface area contributed by atoms with Crippen LogP contribution in [-0.2, 0) is 11.2 Å². The van der Waals surface area contributed by atoms with E-state index in [9.17, 15) is 4.79 Å². The van der Waals surface area contributed by atoms with Crippen LogP contribution in [-0.4, -0.2) is 39.4 Å². The zero-order valence-electron chi connectivity index (χ0n) is 16.9. The minimum atomic E-state index is -0.280. The third-order valence-corrected chi connectivity index (χ3v) is 5.43. The molecule has 4 aromatic rings. The highest BCUT2D eigenvalue weighted by Gasteiger charge is 2.15. The van der Waals surface area contributed by atoms with Crippen LogP contribution in [0.3, 0.4) is 0 Å². The van der Waals surface area contributed by atoms with Gasteiger partial charge in [0.05, 0.1) is 12.8 Å². The second-order valence-corrected chi connectivity index (χ2v) is 7.59. The van der Waals surface area contributed by atoms with Crippen LogP contribution in [0.2, 0.25) is 0 Å². The molecule has 0 aliphatic carbocycles. The van der Waals surface area contributed by atoms with E-state index in [2.05, 4.69) is 20.6 Å². The number of carbonyl (C=O) groups is 1. The second kappa shape index (κ2) is 8.50. The van der Waals surface area contributed by atoms with Gasteiger partial charge in [0.2, 0.25) is 4.96 Å². The van der Waals surface area contributed by atoms with Gasteiger partial charge in [-0.05, 0) is 37.3 Å². The fraction of sp³-hybridized carbons (Fsp3) is 0.238. The molecule has 2 aromatic heterocycles. The van der Waals surface area contributed by atoms with Gasteiger partial charge >= 0.3 is 0 Å². The standard InChI is InChI=1S/C21H21N5O3S/c1-4-18-23-24-21-26(18)25-20(30-21)14-7-10-17(28-3)16(11-14)22-19(27)12-29-15-8-5-13(2)6-9-15/h5-11H,4,12H2,1-3H3,(H,22,27). The highest BCUT2D eigenvalue weighted by molar-refractivity contribution is 7.19. The Hall–Kier alpha value is -3.46. The first kappa shape index (κ1) is 19.8. The minimum absolute atomic E-state index is 0.104. The van der Waals surface area contributed by atoms with Gasteiger partial charge in [-0.2, -0.15) is 9.61 Å². The van der Waals surface area contributed by atoms with E-state index < -0.39 is 0 Å². The Labute approximate surface area is 177 Å². The fourth-order valence-electron chi connectivity index (χ4n) is 2.90. The molecule has 1 amide bonds. The van der Waals surface area contributed by atoms with E-state index in [1.165, 1.54) is 11.3 Å². The molecule has 0 aliphatic heterocycles. The molecule has 0 fully saturated rings. The van der Waals surface area contributed by atoms with Gasteiger partial charge in [0.25, 0.3) is 5.91 Å². The molecule has 2 heterocycles. The third kappa shape index (κ3) is 4.11. The van der Waals surface area contributed by atoms with Crippen LogP contribution < -0.4 is 14.8 Å². The molecule has 0 radical (unpaired) electrons. The number of hydrogen-bond acceptors (Lipinski definition) is 7. The summed E-state index contributed by atoms with van der Waals surface area (Å²) in [6, 6.07) is 13.1. The van der Waals surface area contributed by atoms with Gasteiger partial charge in [-0.1, -0.05) is 36.0 Å². The van der Waals surface area contributed by atoms with Crippen molar-refractivity contribution in [3.63, 3.8) is 0 Å². The van der Waals surface area contributed by atoms with Crippen molar-refractivity contribution in [2.45, 2.75) is 20.3 Å². The van der Waals surface area contributed by atoms with E-state index in [1.54, 1.807) is 17.7 Å². The normalized spacial score (nSPS) is 10.9. The summed E-state index contributed by atoms with van der Waals surface area (Å²) >= 11 is 1.44. The number of aromatic nitrogens is 4. The zero-order valence-corrected chi connectivity index (χ0v) is 17.7. The lowest BCUT2D eigenvalue weighted by molar-refractivity contribution is -0.118. The van der Waals surface area contributed by atoms with Crippen molar-refractivity contribution in [2.24, 2.45) is 0 Å². The zero-order chi connectivity index (χ0) is 21.1. The number of hydrogen-bond donors (Lipinski definition) is 1. The van der Waals surface area contributed by atoms with Crippen molar-refractivity contribution < 1.29 is 14.3 Å². The average molecular weight is 423 g/mol. The number of methoxy groups -OCH3 is 1. The highest BCUT2D eigenvalue weighted by Crippen LogP contribution is 2.32. The smallest absolute Gasteiger partial charge is 0.262 e. The lowest BCUT2D eigenvalue weighted by atomic mass is 10.2. The second-order valence-electron chi connectivity index (χ2n) is 6.64. The van der Waals surface area contributed by atoms with Gasteiger partial charge in [-0.25, -0.2) is 0 Å². The molecule has 0 saturated carbocycles. The predicted octanol–water partition coefficient (Wildman–Crippen LogP) is 3.75. The molecule has 4 rings (SSSR count). The summed E-state index contributed by atoms with van der Waals surface area (Å²) in [6.07, 6.45) is 0.745. The molecular formula is C21H21N5O3S. The predicted molar refractivity (Wildman–Crippen MR) is 115 cm³/mol. The Balaban J connectivity index is 1.52. The summed E-state index contributed by atoms with van der Waals surface area (Å²) in [7, 11) is 1.56. The van der Waals surface area contributed by atoms with Crippen LogP contribution in [0.5, 0.6) is 11.5 Å². The number of rotatable bonds is 7. The number of carbonyl (C=O) groups excluding carboxylic acids is 1. The van der Waals surface area contributed by atoms with Crippen molar-refractivity contribution in [1.29, 1.82) is 0 Å². The van der Waals surface area contributed by atoms with E-state index in [4.69, 9.17) is 9.47 Å². The van der Waals surface area contributed by atoms with Gasteiger partial charge in [-0.3, -0.25) is 4.79 Å².